The molecule has 2 atom stereocenters. The van der Waals surface area contributed by atoms with E-state index in [0.717, 1.165) is 17.0 Å². The highest BCUT2D eigenvalue weighted by atomic mass is 35.5. The van der Waals surface area contributed by atoms with E-state index in [1.54, 1.807) is 53.9 Å². The number of anilines is 2. The van der Waals surface area contributed by atoms with Gasteiger partial charge < -0.3 is 15.5 Å². The van der Waals surface area contributed by atoms with Gasteiger partial charge in [-0.15, -0.1) is 15.6 Å². The van der Waals surface area contributed by atoms with Crippen molar-refractivity contribution in [1.82, 2.24) is 10.2 Å². The Hall–Kier alpha value is -3.78. The van der Waals surface area contributed by atoms with Crippen LogP contribution in [0.4, 0.5) is 20.6 Å². The van der Waals surface area contributed by atoms with Crippen molar-refractivity contribution in [3.05, 3.63) is 76.2 Å². The third kappa shape index (κ3) is 5.71. The first-order valence-electron chi connectivity index (χ1n) is 12.4. The zero-order valence-electron chi connectivity index (χ0n) is 22.1. The first kappa shape index (κ1) is 28.7. The number of benzene rings is 2. The molecule has 2 aliphatic heterocycles. The number of carbonyl (C=O) groups is 2. The molecule has 14 heteroatoms. The number of urea groups is 1. The number of thiophene rings is 1. The predicted molar refractivity (Wildman–Crippen MR) is 159 cm³/mol. The van der Waals surface area contributed by atoms with Crippen LogP contribution in [0.25, 0.3) is 15.7 Å². The molecule has 0 spiro atoms. The van der Waals surface area contributed by atoms with Gasteiger partial charge in [0.15, 0.2) is 0 Å². The minimum absolute atomic E-state index is 0.0399. The summed E-state index contributed by atoms with van der Waals surface area (Å²) in [7, 11) is -2.42. The molecule has 3 amide bonds. The lowest BCUT2D eigenvalue weighted by molar-refractivity contribution is -0.127. The van der Waals surface area contributed by atoms with Crippen LogP contribution in [0.1, 0.15) is 12.5 Å². The van der Waals surface area contributed by atoms with E-state index in [4.69, 9.17) is 15.9 Å². The molecular weight excluding hydrogens is 593 g/mol. The van der Waals surface area contributed by atoms with E-state index in [2.05, 4.69) is 15.6 Å². The fraction of sp³-hybridized carbons (Fsp3) is 0.222. The molecule has 0 radical (unpaired) electrons. The van der Waals surface area contributed by atoms with Crippen LogP contribution in [0.3, 0.4) is 0 Å². The summed E-state index contributed by atoms with van der Waals surface area (Å²) < 4.78 is 45.0. The molecule has 2 aliphatic rings. The summed E-state index contributed by atoms with van der Waals surface area (Å²) in [6.45, 7) is 2.24. The Morgan fingerprint density at radius 1 is 1.27 bits per heavy atom. The molecule has 0 aliphatic carbocycles. The zero-order valence-corrected chi connectivity index (χ0v) is 24.5. The van der Waals surface area contributed by atoms with Gasteiger partial charge in [-0.05, 0) is 31.2 Å². The maximum atomic E-state index is 15.1. The van der Waals surface area contributed by atoms with Gasteiger partial charge in [-0.25, -0.2) is 14.2 Å². The molecule has 3 aromatic rings. The van der Waals surface area contributed by atoms with Crippen molar-refractivity contribution in [2.24, 2.45) is 10.9 Å². The van der Waals surface area contributed by atoms with Crippen LogP contribution >= 0.6 is 22.9 Å². The van der Waals surface area contributed by atoms with Crippen molar-refractivity contribution in [3.63, 3.8) is 0 Å². The van der Waals surface area contributed by atoms with Gasteiger partial charge in [0.25, 0.3) is 16.0 Å². The number of amides is 3. The summed E-state index contributed by atoms with van der Waals surface area (Å²) in [6, 6.07) is 7.91. The number of rotatable bonds is 7. The summed E-state index contributed by atoms with van der Waals surface area (Å²) in [6.07, 6.45) is 6.09. The van der Waals surface area contributed by atoms with Gasteiger partial charge >= 0.3 is 6.03 Å². The average molecular weight is 618 g/mol. The Morgan fingerprint density at radius 3 is 2.73 bits per heavy atom. The van der Waals surface area contributed by atoms with E-state index in [0.29, 0.717) is 22.8 Å². The van der Waals surface area contributed by atoms with E-state index in [9.17, 15) is 18.0 Å². The standard InChI is InChI=1S/C27H25ClFN5O5S2/c1-4-33-22-12-25(30-2)31-13-15(22)9-18(26(33)35)17-10-21(20(29)11-19(17)28)32-27(36)34(39-41(3,37)38)23-14-40-24-8-6-5-7-16(23)24/h5-15,22,30H,4H2,1-3H3,(H,32,36). The van der Waals surface area contributed by atoms with Crippen molar-refractivity contribution >= 4 is 78.2 Å². The summed E-state index contributed by atoms with van der Waals surface area (Å²) in [4.78, 5) is 33.0. The van der Waals surface area contributed by atoms with Crippen molar-refractivity contribution < 1.29 is 26.7 Å². The maximum absolute atomic E-state index is 15.1. The average Bonchev–Trinajstić information content (AvgIpc) is 3.36. The normalized spacial score (nSPS) is 18.6. The van der Waals surface area contributed by atoms with Crippen LogP contribution in [0, 0.1) is 11.7 Å². The predicted octanol–water partition coefficient (Wildman–Crippen LogP) is 5.00. The van der Waals surface area contributed by atoms with Crippen LogP contribution < -0.4 is 15.7 Å². The molecule has 2 unspecified atom stereocenters. The highest BCUT2D eigenvalue weighted by Gasteiger charge is 2.37. The second-order valence-corrected chi connectivity index (χ2v) is 12.1. The monoisotopic (exact) mass is 617 g/mol. The molecule has 2 aromatic carbocycles. The van der Waals surface area contributed by atoms with E-state index in [1.807, 2.05) is 13.0 Å². The molecule has 5 rings (SSSR count). The van der Waals surface area contributed by atoms with Crippen molar-refractivity contribution in [1.29, 1.82) is 0 Å². The summed E-state index contributed by atoms with van der Waals surface area (Å²) in [5, 5.41) is 7.98. The fourth-order valence-electron chi connectivity index (χ4n) is 4.73. The van der Waals surface area contributed by atoms with E-state index >= 15 is 4.39 Å². The molecule has 0 bridgehead atoms. The lowest BCUT2D eigenvalue weighted by Crippen LogP contribution is -2.48. The van der Waals surface area contributed by atoms with Gasteiger partial charge in [0.1, 0.15) is 11.6 Å². The van der Waals surface area contributed by atoms with Crippen molar-refractivity contribution in [3.8, 4) is 0 Å². The molecule has 0 fully saturated rings. The van der Waals surface area contributed by atoms with Crippen molar-refractivity contribution in [2.75, 3.05) is 30.2 Å². The zero-order chi connectivity index (χ0) is 29.5. The third-order valence-electron chi connectivity index (χ3n) is 6.58. The number of nitrogens with zero attached hydrogens (tertiary/aromatic N) is 3. The fourth-order valence-corrected chi connectivity index (χ4v) is 6.32. The Morgan fingerprint density at radius 2 is 2.02 bits per heavy atom. The van der Waals surface area contributed by atoms with Gasteiger partial charge in [-0.3, -0.25) is 4.79 Å². The number of carbonyl (C=O) groups excluding carboxylic acids is 2. The molecule has 2 N–H and O–H groups in total. The second kappa shape index (κ2) is 11.2. The molecule has 0 saturated carbocycles. The van der Waals surface area contributed by atoms with Gasteiger partial charge in [-0.2, -0.15) is 13.5 Å². The Bertz CT molecular complexity index is 1750. The first-order chi connectivity index (χ1) is 19.5. The van der Waals surface area contributed by atoms with Gasteiger partial charge in [-0.1, -0.05) is 35.9 Å². The Balaban J connectivity index is 1.52. The lowest BCUT2D eigenvalue weighted by atomic mass is 9.87. The quantitative estimate of drug-likeness (QED) is 0.360. The van der Waals surface area contributed by atoms with Gasteiger partial charge in [0.05, 0.1) is 28.7 Å². The molecule has 1 aromatic heterocycles. The highest BCUT2D eigenvalue weighted by molar-refractivity contribution is 7.86. The summed E-state index contributed by atoms with van der Waals surface area (Å²) in [5.74, 6) is -0.840. The first-order valence-corrected chi connectivity index (χ1v) is 15.5. The smallest absolute Gasteiger partial charge is 0.351 e. The molecule has 41 heavy (non-hydrogen) atoms. The third-order valence-corrected chi connectivity index (χ3v) is 8.26. The van der Waals surface area contributed by atoms with Crippen LogP contribution in [0.15, 0.2) is 64.7 Å². The van der Waals surface area contributed by atoms with E-state index < -0.39 is 22.0 Å². The van der Waals surface area contributed by atoms with Crippen LogP contribution in [-0.2, 0) is 19.2 Å². The topological polar surface area (TPSA) is 120 Å². The van der Waals surface area contributed by atoms with Crippen molar-refractivity contribution in [2.45, 2.75) is 13.0 Å². The summed E-state index contributed by atoms with van der Waals surface area (Å²) >= 11 is 7.69. The number of hydroxylamine groups is 1. The number of hydrogen-bond acceptors (Lipinski definition) is 8. The highest BCUT2D eigenvalue weighted by Crippen LogP contribution is 2.37. The molecule has 3 heterocycles. The van der Waals surface area contributed by atoms with Gasteiger partial charge in [0, 0.05) is 52.3 Å². The Labute approximate surface area is 244 Å². The number of hydrogen-bond donors (Lipinski definition) is 2. The molecule has 0 saturated heterocycles. The number of aliphatic imine (C=N–C) groups is 1. The number of halogens is 2. The minimum Gasteiger partial charge on any atom is -0.373 e. The van der Waals surface area contributed by atoms with Crippen LogP contribution in [-0.4, -0.2) is 57.4 Å². The lowest BCUT2D eigenvalue weighted by Gasteiger charge is -2.38. The van der Waals surface area contributed by atoms with Crippen LogP contribution in [0.2, 0.25) is 5.02 Å². The largest absolute Gasteiger partial charge is 0.373 e. The summed E-state index contributed by atoms with van der Waals surface area (Å²) in [5.41, 5.74) is 0.237. The van der Waals surface area contributed by atoms with E-state index in [-0.39, 0.29) is 45.4 Å². The maximum Gasteiger partial charge on any atom is 0.351 e. The second-order valence-electron chi connectivity index (χ2n) is 9.25. The number of fused-ring (bicyclic) bond motifs is 2. The SMILES string of the molecule is CCN1C(=O)C(c2cc(NC(=O)N(OS(C)(=O)=O)c3csc4ccccc34)c(F)cc2Cl)=CC2C=NC(NC)=CC21. The molecule has 214 valence electrons. The van der Waals surface area contributed by atoms with E-state index in [1.165, 1.54) is 17.4 Å². The Kier molecular flexibility index (Phi) is 7.88. The molecule has 10 nitrogen and oxygen atoms in total. The number of likely N-dealkylation sites (N-methyl/N-ethyl adjacent to an activating group) is 1. The van der Waals surface area contributed by atoms with Crippen LogP contribution in [0.5, 0.6) is 0 Å². The van der Waals surface area contributed by atoms with Gasteiger partial charge in [0.2, 0.25) is 0 Å². The molecular formula is C27H25ClFN5O5S2. The minimum atomic E-state index is -4.16. The number of nitrogens with one attached hydrogen (secondary N) is 2.